The molecule has 0 saturated heterocycles. The fourth-order valence-electron chi connectivity index (χ4n) is 2.97. The predicted octanol–water partition coefficient (Wildman–Crippen LogP) is 4.03. The van der Waals surface area contributed by atoms with Crippen molar-refractivity contribution < 1.29 is 5.11 Å². The third kappa shape index (κ3) is 4.85. The van der Waals surface area contributed by atoms with Gasteiger partial charge in [0.15, 0.2) is 0 Å². The van der Waals surface area contributed by atoms with E-state index in [1.54, 1.807) is 11.3 Å². The molecule has 1 heterocycles. The minimum Gasteiger partial charge on any atom is -0.394 e. The van der Waals surface area contributed by atoms with E-state index < -0.39 is 0 Å². The molecule has 0 unspecified atom stereocenters. The summed E-state index contributed by atoms with van der Waals surface area (Å²) in [5, 5.41) is 9.36. The van der Waals surface area contributed by atoms with Gasteiger partial charge >= 0.3 is 0 Å². The summed E-state index contributed by atoms with van der Waals surface area (Å²) < 4.78 is 0. The van der Waals surface area contributed by atoms with Crippen LogP contribution in [0.3, 0.4) is 0 Å². The Bertz CT molecular complexity index is 499. The summed E-state index contributed by atoms with van der Waals surface area (Å²) in [7, 11) is 0. The van der Waals surface area contributed by atoms with Gasteiger partial charge in [-0.2, -0.15) is 0 Å². The van der Waals surface area contributed by atoms with Gasteiger partial charge in [-0.25, -0.2) is 0 Å². The number of nitrogens with two attached hydrogens (primary N) is 1. The van der Waals surface area contributed by atoms with Crippen molar-refractivity contribution in [3.8, 4) is 11.8 Å². The van der Waals surface area contributed by atoms with Crippen LogP contribution in [-0.4, -0.2) is 17.3 Å². The lowest BCUT2D eigenvalue weighted by Crippen LogP contribution is -2.40. The fourth-order valence-corrected chi connectivity index (χ4v) is 3.99. The summed E-state index contributed by atoms with van der Waals surface area (Å²) in [6, 6.07) is 4.33. The van der Waals surface area contributed by atoms with Gasteiger partial charge in [-0.1, -0.05) is 38.0 Å². The highest BCUT2D eigenvalue weighted by atomic mass is 32.1. The molecule has 1 fully saturated rings. The largest absolute Gasteiger partial charge is 0.394 e. The molecule has 0 amide bonds. The highest BCUT2D eigenvalue weighted by Crippen LogP contribution is 2.41. The van der Waals surface area contributed by atoms with E-state index in [4.69, 9.17) is 5.73 Å². The number of hydrogen-bond donors (Lipinski definition) is 2. The van der Waals surface area contributed by atoms with Crippen molar-refractivity contribution >= 4 is 11.3 Å². The Morgan fingerprint density at radius 1 is 1.38 bits per heavy atom. The van der Waals surface area contributed by atoms with Crippen LogP contribution in [-0.2, 0) is 0 Å². The Morgan fingerprint density at radius 2 is 2.24 bits per heavy atom. The van der Waals surface area contributed by atoms with E-state index in [1.807, 2.05) is 0 Å². The standard InChI is InChI=1S/C18H27NOS/c1-2-3-4-5-6-7-8-16-9-10-17(21-16)15-11-12-18(19,13-15)14-20/h9-10,15,20H,2-6,11-14,19H2,1H3/t15-,18+/m0/s1. The first-order valence-corrected chi connectivity index (χ1v) is 8.97. The van der Waals surface area contributed by atoms with Gasteiger partial charge in [-0.15, -0.1) is 11.3 Å². The molecule has 2 nitrogen and oxygen atoms in total. The fraction of sp³-hybridized carbons (Fsp3) is 0.667. The van der Waals surface area contributed by atoms with E-state index in [0.717, 1.165) is 25.7 Å². The van der Waals surface area contributed by atoms with Crippen LogP contribution in [0.5, 0.6) is 0 Å². The van der Waals surface area contributed by atoms with Crippen LogP contribution in [0.25, 0.3) is 0 Å². The monoisotopic (exact) mass is 305 g/mol. The third-order valence-electron chi connectivity index (χ3n) is 4.35. The number of thiophene rings is 1. The van der Waals surface area contributed by atoms with Crippen LogP contribution in [0.15, 0.2) is 12.1 Å². The number of hydrogen-bond acceptors (Lipinski definition) is 3. The highest BCUT2D eigenvalue weighted by Gasteiger charge is 2.36. The van der Waals surface area contributed by atoms with Gasteiger partial charge in [-0.3, -0.25) is 0 Å². The normalized spacial score (nSPS) is 24.8. The average molecular weight is 305 g/mol. The Labute approximate surface area is 132 Å². The molecular weight excluding hydrogens is 278 g/mol. The second kappa shape index (κ2) is 7.98. The van der Waals surface area contributed by atoms with E-state index in [2.05, 4.69) is 30.9 Å². The molecule has 1 aliphatic carbocycles. The van der Waals surface area contributed by atoms with Gasteiger partial charge in [0.1, 0.15) is 0 Å². The minimum atomic E-state index is -0.361. The van der Waals surface area contributed by atoms with Crippen LogP contribution < -0.4 is 5.73 Å². The second-order valence-corrected chi connectivity index (χ2v) is 7.39. The minimum absolute atomic E-state index is 0.0965. The molecule has 0 bridgehead atoms. The first-order chi connectivity index (χ1) is 10.2. The predicted molar refractivity (Wildman–Crippen MR) is 90.6 cm³/mol. The van der Waals surface area contributed by atoms with Gasteiger partial charge < -0.3 is 10.8 Å². The van der Waals surface area contributed by atoms with Gasteiger partial charge in [0.25, 0.3) is 0 Å². The third-order valence-corrected chi connectivity index (χ3v) is 5.52. The van der Waals surface area contributed by atoms with E-state index in [1.165, 1.54) is 35.4 Å². The van der Waals surface area contributed by atoms with Crippen molar-refractivity contribution in [1.82, 2.24) is 0 Å². The Morgan fingerprint density at radius 3 is 2.95 bits per heavy atom. The van der Waals surface area contributed by atoms with Crippen LogP contribution in [0, 0.1) is 11.8 Å². The van der Waals surface area contributed by atoms with Gasteiger partial charge in [0.05, 0.1) is 11.5 Å². The maximum Gasteiger partial charge on any atom is 0.0771 e. The topological polar surface area (TPSA) is 46.2 Å². The van der Waals surface area contributed by atoms with E-state index in [0.29, 0.717) is 5.92 Å². The summed E-state index contributed by atoms with van der Waals surface area (Å²) in [4.78, 5) is 2.55. The SMILES string of the molecule is CCCCCCC#Cc1ccc([C@H]2CC[C@](N)(CO)C2)s1. The van der Waals surface area contributed by atoms with Gasteiger partial charge in [-0.05, 0) is 43.7 Å². The molecule has 2 atom stereocenters. The summed E-state index contributed by atoms with van der Waals surface area (Å²) in [6.07, 6.45) is 9.02. The Hall–Kier alpha value is -0.820. The van der Waals surface area contributed by atoms with Crippen molar-refractivity contribution in [3.05, 3.63) is 21.9 Å². The first-order valence-electron chi connectivity index (χ1n) is 8.15. The zero-order chi connectivity index (χ0) is 15.1. The zero-order valence-electron chi connectivity index (χ0n) is 13.0. The molecule has 21 heavy (non-hydrogen) atoms. The van der Waals surface area contributed by atoms with E-state index in [9.17, 15) is 5.11 Å². The number of aliphatic hydroxyl groups excluding tert-OH is 1. The zero-order valence-corrected chi connectivity index (χ0v) is 13.8. The quantitative estimate of drug-likeness (QED) is 0.616. The maximum atomic E-state index is 9.36. The molecule has 0 aliphatic heterocycles. The lowest BCUT2D eigenvalue weighted by Gasteiger charge is -2.20. The summed E-state index contributed by atoms with van der Waals surface area (Å²) in [6.45, 7) is 2.33. The maximum absolute atomic E-state index is 9.36. The van der Waals surface area contributed by atoms with Gasteiger partial charge in [0, 0.05) is 16.8 Å². The molecule has 1 aliphatic rings. The molecule has 0 spiro atoms. The molecular formula is C18H27NOS. The number of aliphatic hydroxyl groups is 1. The molecule has 1 saturated carbocycles. The molecule has 0 radical (unpaired) electrons. The first kappa shape index (κ1) is 16.5. The van der Waals surface area contributed by atoms with Gasteiger partial charge in [0.2, 0.25) is 0 Å². The Kier molecular flexibility index (Phi) is 6.29. The molecule has 1 aromatic rings. The number of rotatable bonds is 6. The van der Waals surface area contributed by atoms with Crippen molar-refractivity contribution in [2.24, 2.45) is 5.73 Å². The van der Waals surface area contributed by atoms with Crippen molar-refractivity contribution in [2.45, 2.75) is 69.7 Å². The molecule has 2 rings (SSSR count). The average Bonchev–Trinajstić information content (AvgIpc) is 3.10. The van der Waals surface area contributed by atoms with E-state index >= 15 is 0 Å². The van der Waals surface area contributed by atoms with Crippen molar-refractivity contribution in [1.29, 1.82) is 0 Å². The highest BCUT2D eigenvalue weighted by molar-refractivity contribution is 7.12. The molecule has 0 aromatic carbocycles. The second-order valence-electron chi connectivity index (χ2n) is 6.27. The summed E-state index contributed by atoms with van der Waals surface area (Å²) >= 11 is 1.80. The summed E-state index contributed by atoms with van der Waals surface area (Å²) in [5.74, 6) is 7.08. The Balaban J connectivity index is 1.83. The van der Waals surface area contributed by atoms with Crippen molar-refractivity contribution in [2.75, 3.05) is 6.61 Å². The molecule has 3 N–H and O–H groups in total. The van der Waals surface area contributed by atoms with Crippen molar-refractivity contribution in [3.63, 3.8) is 0 Å². The number of unbranched alkanes of at least 4 members (excludes halogenated alkanes) is 4. The van der Waals surface area contributed by atoms with Crippen LogP contribution in [0.2, 0.25) is 0 Å². The molecule has 3 heteroatoms. The lowest BCUT2D eigenvalue weighted by atomic mass is 9.98. The summed E-state index contributed by atoms with van der Waals surface area (Å²) in [5.41, 5.74) is 5.80. The molecule has 1 aromatic heterocycles. The lowest BCUT2D eigenvalue weighted by molar-refractivity contribution is 0.198. The van der Waals surface area contributed by atoms with Crippen LogP contribution in [0.1, 0.15) is 74.0 Å². The smallest absolute Gasteiger partial charge is 0.0771 e. The van der Waals surface area contributed by atoms with E-state index in [-0.39, 0.29) is 12.1 Å². The molecule has 116 valence electrons. The van der Waals surface area contributed by atoms with Crippen LogP contribution >= 0.6 is 11.3 Å². The van der Waals surface area contributed by atoms with Crippen LogP contribution in [0.4, 0.5) is 0 Å².